The molecule has 1 unspecified atom stereocenters. The van der Waals surface area contributed by atoms with Crippen molar-refractivity contribution in [1.82, 2.24) is 0 Å². The SMILES string of the molecule is CC(=O)O[C@H]1[C@H]2[C@@H](CCC3C[C@@H](O)CC[C@@]32C)[C@@]2(O)CC[C@H]([C@@H](C)O)[C@@]2(C)[C@@H]1OC(=O)c1ccccc1. The van der Waals surface area contributed by atoms with Crippen LogP contribution in [0.4, 0.5) is 0 Å². The molecule has 0 radical (unpaired) electrons. The molecule has 0 bridgehead atoms. The molecule has 1 aromatic rings. The Morgan fingerprint density at radius 1 is 1.03 bits per heavy atom. The molecular weight excluding hydrogens is 472 g/mol. The Bertz CT molecular complexity index is 1030. The van der Waals surface area contributed by atoms with Crippen LogP contribution in [0, 0.1) is 34.5 Å². The number of carbonyl (C=O) groups is 2. The van der Waals surface area contributed by atoms with Crippen LogP contribution in [-0.4, -0.2) is 57.3 Å². The molecule has 4 aliphatic rings. The molecule has 5 rings (SSSR count). The Morgan fingerprint density at radius 2 is 1.73 bits per heavy atom. The number of hydrogen-bond acceptors (Lipinski definition) is 7. The number of rotatable bonds is 4. The van der Waals surface area contributed by atoms with Crippen LogP contribution in [0.1, 0.15) is 83.0 Å². The van der Waals surface area contributed by atoms with Gasteiger partial charge in [0.25, 0.3) is 0 Å². The lowest BCUT2D eigenvalue weighted by Crippen LogP contribution is -2.73. The second kappa shape index (κ2) is 9.35. The Hall–Kier alpha value is -1.96. The second-order valence-corrected chi connectivity index (χ2v) is 12.7. The van der Waals surface area contributed by atoms with E-state index in [1.54, 1.807) is 31.2 Å². The van der Waals surface area contributed by atoms with Gasteiger partial charge in [0, 0.05) is 18.3 Å². The normalized spacial score (nSPS) is 45.6. The fourth-order valence-corrected chi connectivity index (χ4v) is 9.30. The number of esters is 2. The molecule has 1 aromatic carbocycles. The van der Waals surface area contributed by atoms with Gasteiger partial charge in [-0.2, -0.15) is 0 Å². The fraction of sp³-hybridized carbons (Fsp3) is 0.733. The zero-order chi connectivity index (χ0) is 26.8. The molecule has 4 fully saturated rings. The van der Waals surface area contributed by atoms with E-state index >= 15 is 0 Å². The standard InChI is InChI=1S/C30H42O7/c1-17(31)22-13-15-30(35)23-11-10-20-16-21(33)12-14-28(20,3)24(23)25(36-18(2)32)26(29(22,30)4)37-27(34)19-8-6-5-7-9-19/h5-9,17,20-26,31,33,35H,10-16H2,1-4H3/t17-,20?,21+,22-,23-,24-,25+,26-,28+,29+,30+/m1/s1. The van der Waals surface area contributed by atoms with Crippen LogP contribution in [0.25, 0.3) is 0 Å². The van der Waals surface area contributed by atoms with Crippen LogP contribution in [0.3, 0.4) is 0 Å². The lowest BCUT2D eigenvalue weighted by molar-refractivity contribution is -0.292. The summed E-state index contributed by atoms with van der Waals surface area (Å²) in [4.78, 5) is 26.1. The van der Waals surface area contributed by atoms with Gasteiger partial charge in [-0.1, -0.05) is 32.0 Å². The van der Waals surface area contributed by atoms with Crippen LogP contribution >= 0.6 is 0 Å². The molecule has 4 aliphatic carbocycles. The van der Waals surface area contributed by atoms with Crippen LogP contribution in [0.2, 0.25) is 0 Å². The monoisotopic (exact) mass is 514 g/mol. The Morgan fingerprint density at radius 3 is 2.38 bits per heavy atom. The Labute approximate surface area is 219 Å². The third-order valence-electron chi connectivity index (χ3n) is 11.1. The summed E-state index contributed by atoms with van der Waals surface area (Å²) in [5.41, 5.74) is -2.11. The summed E-state index contributed by atoms with van der Waals surface area (Å²) < 4.78 is 12.4. The highest BCUT2D eigenvalue weighted by atomic mass is 16.6. The molecule has 7 heteroatoms. The Balaban J connectivity index is 1.66. The molecule has 0 amide bonds. The molecule has 4 saturated carbocycles. The summed E-state index contributed by atoms with van der Waals surface area (Å²) >= 11 is 0. The van der Waals surface area contributed by atoms with E-state index < -0.39 is 41.3 Å². The molecule has 0 spiro atoms. The van der Waals surface area contributed by atoms with E-state index in [0.717, 1.165) is 19.3 Å². The third kappa shape index (κ3) is 3.95. The van der Waals surface area contributed by atoms with Crippen molar-refractivity contribution in [3.8, 4) is 0 Å². The van der Waals surface area contributed by atoms with Crippen molar-refractivity contribution < 1.29 is 34.4 Å². The topological polar surface area (TPSA) is 113 Å². The summed E-state index contributed by atoms with van der Waals surface area (Å²) in [6.07, 6.45) is 2.04. The number of ether oxygens (including phenoxy) is 2. The summed E-state index contributed by atoms with van der Waals surface area (Å²) in [5.74, 6) is -1.49. The molecule has 11 atom stereocenters. The van der Waals surface area contributed by atoms with Crippen LogP contribution in [0.15, 0.2) is 30.3 Å². The molecule has 0 heterocycles. The highest BCUT2D eigenvalue weighted by molar-refractivity contribution is 5.89. The maximum atomic E-state index is 13.5. The van der Waals surface area contributed by atoms with Crippen LogP contribution < -0.4 is 0 Å². The lowest BCUT2D eigenvalue weighted by Gasteiger charge is -2.66. The van der Waals surface area contributed by atoms with Gasteiger partial charge in [0.2, 0.25) is 0 Å². The van der Waals surface area contributed by atoms with Gasteiger partial charge in [-0.3, -0.25) is 4.79 Å². The first-order valence-electron chi connectivity index (χ1n) is 13.9. The van der Waals surface area contributed by atoms with Crippen molar-refractivity contribution in [2.75, 3.05) is 0 Å². The van der Waals surface area contributed by atoms with E-state index in [0.29, 0.717) is 31.2 Å². The molecule has 0 saturated heterocycles. The van der Waals surface area contributed by atoms with E-state index in [1.165, 1.54) is 6.92 Å². The van der Waals surface area contributed by atoms with Gasteiger partial charge in [-0.25, -0.2) is 4.79 Å². The lowest BCUT2D eigenvalue weighted by atomic mass is 9.41. The maximum Gasteiger partial charge on any atom is 0.338 e. The first-order valence-corrected chi connectivity index (χ1v) is 13.9. The summed E-state index contributed by atoms with van der Waals surface area (Å²) in [6.45, 7) is 7.24. The highest BCUT2D eigenvalue weighted by Crippen LogP contribution is 2.70. The highest BCUT2D eigenvalue weighted by Gasteiger charge is 2.75. The average molecular weight is 515 g/mol. The second-order valence-electron chi connectivity index (χ2n) is 12.7. The molecular formula is C30H42O7. The van der Waals surface area contributed by atoms with Crippen molar-refractivity contribution in [2.24, 2.45) is 34.5 Å². The Kier molecular flexibility index (Phi) is 6.73. The van der Waals surface area contributed by atoms with Gasteiger partial charge in [0.15, 0.2) is 0 Å². The van der Waals surface area contributed by atoms with E-state index in [9.17, 15) is 24.9 Å². The van der Waals surface area contributed by atoms with E-state index in [1.807, 2.05) is 13.0 Å². The molecule has 3 N–H and O–H groups in total. The number of aliphatic hydroxyl groups excluding tert-OH is 2. The van der Waals surface area contributed by atoms with Gasteiger partial charge in [-0.15, -0.1) is 0 Å². The zero-order valence-electron chi connectivity index (χ0n) is 22.4. The van der Waals surface area contributed by atoms with Gasteiger partial charge in [-0.05, 0) is 87.2 Å². The number of aliphatic hydroxyl groups is 3. The molecule has 0 aliphatic heterocycles. The van der Waals surface area contributed by atoms with Gasteiger partial charge in [0.05, 0.1) is 23.4 Å². The summed E-state index contributed by atoms with van der Waals surface area (Å²) in [7, 11) is 0. The number of fused-ring (bicyclic) bond motifs is 5. The zero-order valence-corrected chi connectivity index (χ0v) is 22.4. The van der Waals surface area contributed by atoms with E-state index in [4.69, 9.17) is 9.47 Å². The van der Waals surface area contributed by atoms with Gasteiger partial charge < -0.3 is 24.8 Å². The molecule has 7 nitrogen and oxygen atoms in total. The predicted octanol–water partition coefficient (Wildman–Crippen LogP) is 3.88. The van der Waals surface area contributed by atoms with E-state index in [2.05, 4.69) is 6.92 Å². The largest absolute Gasteiger partial charge is 0.458 e. The minimum absolute atomic E-state index is 0.172. The minimum atomic E-state index is -1.19. The fourth-order valence-electron chi connectivity index (χ4n) is 9.30. The molecule has 0 aromatic heterocycles. The van der Waals surface area contributed by atoms with Crippen LogP contribution in [-0.2, 0) is 14.3 Å². The predicted molar refractivity (Wildman–Crippen MR) is 136 cm³/mol. The number of carbonyl (C=O) groups excluding carboxylic acids is 2. The van der Waals surface area contributed by atoms with E-state index in [-0.39, 0.29) is 35.2 Å². The average Bonchev–Trinajstić information content (AvgIpc) is 3.14. The molecule has 37 heavy (non-hydrogen) atoms. The van der Waals surface area contributed by atoms with Crippen molar-refractivity contribution in [1.29, 1.82) is 0 Å². The first kappa shape index (κ1) is 26.6. The minimum Gasteiger partial charge on any atom is -0.458 e. The summed E-state index contributed by atoms with van der Waals surface area (Å²) in [5, 5.41) is 34.0. The van der Waals surface area contributed by atoms with Crippen molar-refractivity contribution in [3.63, 3.8) is 0 Å². The van der Waals surface area contributed by atoms with Crippen molar-refractivity contribution >= 4 is 11.9 Å². The first-order chi connectivity index (χ1) is 17.4. The quantitative estimate of drug-likeness (QED) is 0.523. The number of hydrogen-bond donors (Lipinski definition) is 3. The van der Waals surface area contributed by atoms with Crippen LogP contribution in [0.5, 0.6) is 0 Å². The molecule has 204 valence electrons. The third-order valence-corrected chi connectivity index (χ3v) is 11.1. The smallest absolute Gasteiger partial charge is 0.338 e. The van der Waals surface area contributed by atoms with Gasteiger partial charge in [0.1, 0.15) is 12.2 Å². The van der Waals surface area contributed by atoms with Gasteiger partial charge >= 0.3 is 11.9 Å². The summed E-state index contributed by atoms with van der Waals surface area (Å²) in [6, 6.07) is 8.73. The van der Waals surface area contributed by atoms with Crippen molar-refractivity contribution in [3.05, 3.63) is 35.9 Å². The van der Waals surface area contributed by atoms with Crippen molar-refractivity contribution in [2.45, 2.75) is 103 Å². The maximum absolute atomic E-state index is 13.5. The number of benzene rings is 1.